The summed E-state index contributed by atoms with van der Waals surface area (Å²) in [5, 5.41) is 0.386. The minimum Gasteiger partial charge on any atom is -0.264 e. The van der Waals surface area contributed by atoms with E-state index >= 15 is 0 Å². The maximum atomic E-state index is 6.15. The minimum atomic E-state index is 0.386. The van der Waals surface area contributed by atoms with Crippen molar-refractivity contribution in [2.45, 2.75) is 38.0 Å². The van der Waals surface area contributed by atoms with E-state index in [-0.39, 0.29) is 0 Å². The van der Waals surface area contributed by atoms with Crippen LogP contribution in [0.25, 0.3) is 0 Å². The first-order valence-corrected chi connectivity index (χ1v) is 5.65. The predicted octanol–water partition coefficient (Wildman–Crippen LogP) is 3.42. The van der Waals surface area contributed by atoms with Crippen molar-refractivity contribution in [3.05, 3.63) is 30.1 Å². The van der Waals surface area contributed by atoms with Crippen LogP contribution in [0.3, 0.4) is 0 Å². The van der Waals surface area contributed by atoms with Crippen molar-refractivity contribution in [3.8, 4) is 0 Å². The van der Waals surface area contributed by atoms with Crippen LogP contribution in [0.2, 0.25) is 0 Å². The first kappa shape index (κ1) is 9.97. The van der Waals surface area contributed by atoms with Gasteiger partial charge in [-0.3, -0.25) is 4.98 Å². The zero-order chi connectivity index (χ0) is 10.0. The minimum absolute atomic E-state index is 0.386. The van der Waals surface area contributed by atoms with Crippen molar-refractivity contribution in [2.24, 2.45) is 5.41 Å². The third-order valence-corrected chi connectivity index (χ3v) is 3.50. The number of aromatic nitrogens is 1. The molecule has 1 heterocycles. The highest BCUT2D eigenvalue weighted by molar-refractivity contribution is 6.20. The molecular formula is C12H16ClN. The van der Waals surface area contributed by atoms with Crippen LogP contribution in [0.15, 0.2) is 24.5 Å². The lowest BCUT2D eigenvalue weighted by Crippen LogP contribution is -2.15. The molecule has 0 aromatic carbocycles. The Balaban J connectivity index is 2.04. The van der Waals surface area contributed by atoms with Gasteiger partial charge >= 0.3 is 0 Å². The van der Waals surface area contributed by atoms with Gasteiger partial charge in [-0.1, -0.05) is 13.0 Å². The Kier molecular flexibility index (Phi) is 2.78. The van der Waals surface area contributed by atoms with Gasteiger partial charge in [-0.25, -0.2) is 0 Å². The summed E-state index contributed by atoms with van der Waals surface area (Å²) in [4.78, 5) is 4.14. The molecule has 76 valence electrons. The van der Waals surface area contributed by atoms with Crippen LogP contribution in [0, 0.1) is 5.41 Å². The highest BCUT2D eigenvalue weighted by Crippen LogP contribution is 2.42. The number of halogens is 1. The Morgan fingerprint density at radius 2 is 2.50 bits per heavy atom. The summed E-state index contributed by atoms with van der Waals surface area (Å²) in [6.07, 6.45) is 8.46. The summed E-state index contributed by atoms with van der Waals surface area (Å²) in [6.45, 7) is 2.34. The van der Waals surface area contributed by atoms with E-state index in [2.05, 4.69) is 18.0 Å². The molecule has 1 fully saturated rings. The second-order valence-electron chi connectivity index (χ2n) is 4.69. The molecule has 14 heavy (non-hydrogen) atoms. The van der Waals surface area contributed by atoms with Crippen LogP contribution in [-0.4, -0.2) is 10.4 Å². The molecule has 2 unspecified atom stereocenters. The standard InChI is InChI=1S/C12H16ClN/c1-12(5-4-11(13)8-12)7-10-3-2-6-14-9-10/h2-3,6,9,11H,4-5,7-8H2,1H3. The zero-order valence-corrected chi connectivity index (χ0v) is 9.30. The highest BCUT2D eigenvalue weighted by Gasteiger charge is 2.33. The molecule has 1 nitrogen and oxygen atoms in total. The summed E-state index contributed by atoms with van der Waals surface area (Å²) in [7, 11) is 0. The number of alkyl halides is 1. The molecule has 0 amide bonds. The van der Waals surface area contributed by atoms with Crippen LogP contribution in [0.1, 0.15) is 31.7 Å². The molecule has 1 saturated carbocycles. The molecule has 0 spiro atoms. The summed E-state index contributed by atoms with van der Waals surface area (Å²) >= 11 is 6.15. The van der Waals surface area contributed by atoms with Gasteiger partial charge in [0.15, 0.2) is 0 Å². The fraction of sp³-hybridized carbons (Fsp3) is 0.583. The van der Waals surface area contributed by atoms with Crippen LogP contribution >= 0.6 is 11.6 Å². The molecule has 2 heteroatoms. The molecular weight excluding hydrogens is 194 g/mol. The highest BCUT2D eigenvalue weighted by atomic mass is 35.5. The Hall–Kier alpha value is -0.560. The second-order valence-corrected chi connectivity index (χ2v) is 5.31. The Labute approximate surface area is 90.5 Å². The maximum absolute atomic E-state index is 6.15. The quantitative estimate of drug-likeness (QED) is 0.681. The lowest BCUT2D eigenvalue weighted by atomic mass is 9.83. The van der Waals surface area contributed by atoms with Crippen LogP contribution in [0.4, 0.5) is 0 Å². The average molecular weight is 210 g/mol. The second kappa shape index (κ2) is 3.90. The molecule has 1 aliphatic rings. The molecule has 0 N–H and O–H groups in total. The maximum Gasteiger partial charge on any atom is 0.0341 e. The van der Waals surface area contributed by atoms with Gasteiger partial charge in [-0.15, -0.1) is 11.6 Å². The number of pyridine rings is 1. The molecule has 0 saturated heterocycles. The van der Waals surface area contributed by atoms with E-state index < -0.39 is 0 Å². The lowest BCUT2D eigenvalue weighted by Gasteiger charge is -2.23. The number of nitrogens with zero attached hydrogens (tertiary/aromatic N) is 1. The average Bonchev–Trinajstić information content (AvgIpc) is 2.47. The van der Waals surface area contributed by atoms with E-state index in [4.69, 9.17) is 11.6 Å². The Bertz CT molecular complexity index is 298. The van der Waals surface area contributed by atoms with Gasteiger partial charge in [-0.2, -0.15) is 0 Å². The van der Waals surface area contributed by atoms with E-state index in [9.17, 15) is 0 Å². The molecule has 0 aliphatic heterocycles. The van der Waals surface area contributed by atoms with Gasteiger partial charge < -0.3 is 0 Å². The Morgan fingerprint density at radius 1 is 1.64 bits per heavy atom. The summed E-state index contributed by atoms with van der Waals surface area (Å²) in [5.74, 6) is 0. The molecule has 1 aromatic heterocycles. The van der Waals surface area contributed by atoms with Gasteiger partial charge in [0.05, 0.1) is 0 Å². The monoisotopic (exact) mass is 209 g/mol. The molecule has 2 atom stereocenters. The molecule has 0 bridgehead atoms. The molecule has 2 rings (SSSR count). The van der Waals surface area contributed by atoms with Gasteiger partial charge in [0.25, 0.3) is 0 Å². The topological polar surface area (TPSA) is 12.9 Å². The van der Waals surface area contributed by atoms with Crippen molar-refractivity contribution in [3.63, 3.8) is 0 Å². The lowest BCUT2D eigenvalue weighted by molar-refractivity contribution is 0.335. The predicted molar refractivity (Wildman–Crippen MR) is 59.5 cm³/mol. The number of hydrogen-bond acceptors (Lipinski definition) is 1. The van der Waals surface area contributed by atoms with Crippen molar-refractivity contribution in [2.75, 3.05) is 0 Å². The first-order chi connectivity index (χ1) is 6.68. The number of rotatable bonds is 2. The smallest absolute Gasteiger partial charge is 0.0341 e. The van der Waals surface area contributed by atoms with Crippen LogP contribution in [-0.2, 0) is 6.42 Å². The van der Waals surface area contributed by atoms with E-state index in [1.807, 2.05) is 18.5 Å². The molecule has 0 radical (unpaired) electrons. The summed E-state index contributed by atoms with van der Waals surface area (Å²) in [5.41, 5.74) is 1.73. The fourth-order valence-electron chi connectivity index (χ4n) is 2.40. The van der Waals surface area contributed by atoms with Gasteiger partial charge in [0.1, 0.15) is 0 Å². The largest absolute Gasteiger partial charge is 0.264 e. The van der Waals surface area contributed by atoms with E-state index in [0.717, 1.165) is 19.3 Å². The Morgan fingerprint density at radius 3 is 3.07 bits per heavy atom. The summed E-state index contributed by atoms with van der Waals surface area (Å²) in [6, 6.07) is 4.16. The summed E-state index contributed by atoms with van der Waals surface area (Å²) < 4.78 is 0. The zero-order valence-electron chi connectivity index (χ0n) is 8.54. The SMILES string of the molecule is CC1(Cc2cccnc2)CCC(Cl)C1. The van der Waals surface area contributed by atoms with Crippen molar-refractivity contribution in [1.29, 1.82) is 0 Å². The van der Waals surface area contributed by atoms with Gasteiger partial charge in [0.2, 0.25) is 0 Å². The van der Waals surface area contributed by atoms with Crippen LogP contribution in [0.5, 0.6) is 0 Å². The van der Waals surface area contributed by atoms with Crippen molar-refractivity contribution < 1.29 is 0 Å². The van der Waals surface area contributed by atoms with E-state index in [0.29, 0.717) is 10.8 Å². The normalized spacial score (nSPS) is 32.0. The molecule has 1 aromatic rings. The third-order valence-electron chi connectivity index (χ3n) is 3.13. The van der Waals surface area contributed by atoms with E-state index in [1.54, 1.807) is 0 Å². The molecule has 1 aliphatic carbocycles. The fourth-order valence-corrected chi connectivity index (χ4v) is 2.88. The van der Waals surface area contributed by atoms with E-state index in [1.165, 1.54) is 12.0 Å². The van der Waals surface area contributed by atoms with Gasteiger partial charge in [0, 0.05) is 17.8 Å². The van der Waals surface area contributed by atoms with Gasteiger partial charge in [-0.05, 0) is 42.7 Å². The van der Waals surface area contributed by atoms with Crippen molar-refractivity contribution >= 4 is 11.6 Å². The number of hydrogen-bond donors (Lipinski definition) is 0. The van der Waals surface area contributed by atoms with Crippen LogP contribution < -0.4 is 0 Å². The van der Waals surface area contributed by atoms with Crippen molar-refractivity contribution in [1.82, 2.24) is 4.98 Å². The third kappa shape index (κ3) is 2.27. The first-order valence-electron chi connectivity index (χ1n) is 5.21.